The van der Waals surface area contributed by atoms with Gasteiger partial charge in [0, 0.05) is 127 Å². The smallest absolute Gasteiger partial charge is 0.373 e. The lowest BCUT2D eigenvalue weighted by molar-refractivity contribution is -0.191. The Morgan fingerprint density at radius 1 is 0.658 bits per heavy atom. The first-order chi connectivity index (χ1) is 56.9. The molecule has 120 heavy (non-hydrogen) atoms. The van der Waals surface area contributed by atoms with Crippen LogP contribution in [0, 0.1) is 35.0 Å². The van der Waals surface area contributed by atoms with Crippen molar-refractivity contribution in [2.24, 2.45) is 29.4 Å². The summed E-state index contributed by atoms with van der Waals surface area (Å²) in [6, 6.07) is 37.5. The molecule has 16 rings (SSSR count). The number of piperidine rings is 3. The number of aliphatic hydroxyl groups excluding tert-OH is 1. The fraction of sp³-hybridized carbons (Fsp3) is 0.402. The minimum absolute atomic E-state index is 0.0255. The number of nitrogens with two attached hydrogens (primary N) is 1. The van der Waals surface area contributed by atoms with E-state index in [4.69, 9.17) is 172 Å². The van der Waals surface area contributed by atoms with E-state index in [0.717, 1.165) is 94.2 Å². The van der Waals surface area contributed by atoms with Gasteiger partial charge in [-0.2, -0.15) is 14.9 Å². The van der Waals surface area contributed by atoms with Crippen molar-refractivity contribution in [1.29, 1.82) is 5.26 Å². The molecular formula is C82H87Cl13N10O13S2. The zero-order valence-corrected chi connectivity index (χ0v) is 77.0. The molecule has 0 unspecified atom stereocenters. The molecule has 23 nitrogen and oxygen atoms in total. The number of aromatic nitrogens is 4. The van der Waals surface area contributed by atoms with Crippen molar-refractivity contribution in [3.8, 4) is 6.07 Å². The Labute approximate surface area is 764 Å². The second-order valence-electron chi connectivity index (χ2n) is 29.1. The van der Waals surface area contributed by atoms with Gasteiger partial charge in [-0.15, -0.1) is 11.6 Å². The molecule has 0 spiro atoms. The van der Waals surface area contributed by atoms with Gasteiger partial charge in [0.05, 0.1) is 110 Å². The van der Waals surface area contributed by atoms with Crippen molar-refractivity contribution in [1.82, 2.24) is 30.7 Å². The number of carbonyl (C=O) groups is 3. The SMILES string of the molecule is CC(=O)OC(C)C.CCOC(=O)c1cnc(N2C[C@H]3C[C@@]3(c3ccc(Cl)c(Cl)c3)C2)nc1.CCc1ccc(S(C)(=O)=O)cc1.ClC[C@@H]1CO1.Clc1ccc([C@]23CNC[C@H]2C3)cc1Cl.N#CCc1ccc(Cl)c(Cl)c1.NC[C@]1(c2ccc(Cl)c(Cl)c2)C[C@@H]1CO.O=C(NO)c1cnc(N2C[C@H]3C[C@@]3(c3ccc(Cl)c(Cl)c3)C2)nc1.O=C=O.O=S(Cl)Cl. The van der Waals surface area contributed by atoms with Crippen molar-refractivity contribution in [3.63, 3.8) is 0 Å². The van der Waals surface area contributed by atoms with Crippen LogP contribution in [0.15, 0.2) is 145 Å². The highest BCUT2D eigenvalue weighted by Gasteiger charge is 2.63. The van der Waals surface area contributed by atoms with Crippen LogP contribution < -0.4 is 26.3 Å². The van der Waals surface area contributed by atoms with Crippen LogP contribution in [-0.2, 0) is 82.2 Å². The molecule has 6 aromatic carbocycles. The third-order valence-corrected chi connectivity index (χ3v) is 26.0. The highest BCUT2D eigenvalue weighted by molar-refractivity contribution is 8.26. The summed E-state index contributed by atoms with van der Waals surface area (Å²) in [6.45, 7) is 16.4. The Morgan fingerprint density at radius 3 is 1.38 bits per heavy atom. The number of aryl methyl sites for hydroxylation is 1. The van der Waals surface area contributed by atoms with Crippen molar-refractivity contribution in [3.05, 3.63) is 235 Å². The second-order valence-corrected chi connectivity index (χ2v) is 38.0. The highest BCUT2D eigenvalue weighted by atomic mass is 36.0. The minimum Gasteiger partial charge on any atom is -0.463 e. The van der Waals surface area contributed by atoms with Crippen LogP contribution in [0.3, 0.4) is 0 Å². The van der Waals surface area contributed by atoms with Crippen LogP contribution in [0.25, 0.3) is 0 Å². The van der Waals surface area contributed by atoms with E-state index in [2.05, 4.69) is 73.3 Å². The summed E-state index contributed by atoms with van der Waals surface area (Å²) in [6.07, 6.45) is 13.5. The van der Waals surface area contributed by atoms with Crippen LogP contribution in [0.4, 0.5) is 11.9 Å². The topological polar surface area (TPSA) is 340 Å². The molecule has 2 aromatic heterocycles. The standard InChI is InChI=1S/C18H17Cl2N3O2.C16H14Cl2N4O2.C11H13Cl2NO.C11H11Cl2N.C9H12O2S.C8H5Cl2N.C5H10O2.C3H5ClO.CO2.Cl2OS/c1-2-25-16(24)11-7-21-17(22-8-11)23-9-13-6-18(13,10-23)12-3-4-14(19)15(20)5-12;17-12-2-1-10(3-13(12)18)16-4-11(16)7-22(8-16)15-19-5-9(6-20-15)14(23)21-24;12-9-2-1-7(3-10(9)13)11(6-14)4-8(11)5-15;12-9-2-1-7(3-10(9)13)11-4-8(11)5-14-6-11;1-3-8-4-6-9(7-5-8)12(2,10)11;9-7-2-1-6(3-4-11)5-8(7)10;1-4(2)7-5(3)6;4-1-3-2-5-3;2-1-3;1-4(2)3/h3-5,7-8,13H,2,6,9-10H2,1H3;1-3,5-6,11,24H,4,7-8H2,(H,21,23);1-3,8,15H,4-6,14H2;1-3,8,14H,4-6H2;4-7H,3H2,1-2H3;1-2,5H,3H2;4H,1-3H3;3H,1-2H2;;/t13-,18+;11-,16+;2*8-,11+;;;;3-;;/m1111...1../s1. The van der Waals surface area contributed by atoms with Crippen LogP contribution >= 0.6 is 149 Å². The van der Waals surface area contributed by atoms with E-state index in [1.807, 2.05) is 93.6 Å². The number of alkyl halides is 1. The van der Waals surface area contributed by atoms with E-state index in [0.29, 0.717) is 121 Å². The molecule has 4 saturated heterocycles. The number of rotatable bonds is 16. The summed E-state index contributed by atoms with van der Waals surface area (Å²) in [5, 5.41) is 35.3. The number of epoxide rings is 1. The molecule has 6 heterocycles. The van der Waals surface area contributed by atoms with Gasteiger partial charge in [-0.25, -0.2) is 42.8 Å². The molecule has 38 heteroatoms. The van der Waals surface area contributed by atoms with Gasteiger partial charge in [-0.3, -0.25) is 14.8 Å². The molecule has 9 atom stereocenters. The summed E-state index contributed by atoms with van der Waals surface area (Å²) >= 11 is 64.8. The number of hydrogen-bond acceptors (Lipinski definition) is 22. The number of aliphatic hydroxyl groups is 1. The van der Waals surface area contributed by atoms with Crippen LogP contribution in [0.2, 0.25) is 50.2 Å². The first-order valence-corrected chi connectivity index (χ1v) is 46.2. The van der Waals surface area contributed by atoms with Gasteiger partial charge >= 0.3 is 18.1 Å². The molecule has 6 N–H and O–H groups in total. The van der Waals surface area contributed by atoms with Crippen molar-refractivity contribution in [2.75, 3.05) is 87.6 Å². The Hall–Kier alpha value is -5.97. The number of amides is 1. The molecule has 4 saturated carbocycles. The van der Waals surface area contributed by atoms with Crippen LogP contribution in [0.1, 0.15) is 114 Å². The Balaban J connectivity index is 0.000000194. The molecule has 1 amide bonds. The Kier molecular flexibility index (Phi) is 39.5. The third kappa shape index (κ3) is 28.5. The lowest BCUT2D eigenvalue weighted by atomic mass is 9.93. The fourth-order valence-electron chi connectivity index (χ4n) is 14.2. The number of halogens is 13. The molecule has 0 bridgehead atoms. The largest absolute Gasteiger partial charge is 0.463 e. The number of nitrogens with one attached hydrogen (secondary N) is 2. The van der Waals surface area contributed by atoms with Gasteiger partial charge in [-0.1, -0.05) is 165 Å². The van der Waals surface area contributed by atoms with Gasteiger partial charge in [0.15, 0.2) is 9.84 Å². The first-order valence-electron chi connectivity index (χ1n) is 37.2. The van der Waals surface area contributed by atoms with E-state index < -0.39 is 30.9 Å². The van der Waals surface area contributed by atoms with Crippen LogP contribution in [-0.4, -0.2) is 157 Å². The average molecular weight is 1950 g/mol. The quantitative estimate of drug-likeness (QED) is 0.0150. The summed E-state index contributed by atoms with van der Waals surface area (Å²) in [4.78, 5) is 71.1. The number of hydrogen-bond donors (Lipinski definition) is 5. The van der Waals surface area contributed by atoms with Crippen LogP contribution in [0.5, 0.6) is 0 Å². The summed E-state index contributed by atoms with van der Waals surface area (Å²) in [7, 11) is 4.33. The maximum absolute atomic E-state index is 11.7. The number of fused-ring (bicyclic) bond motifs is 3. The maximum Gasteiger partial charge on any atom is 0.373 e. The number of ether oxygens (including phenoxy) is 3. The van der Waals surface area contributed by atoms with E-state index >= 15 is 0 Å². The van der Waals surface area contributed by atoms with Gasteiger partial charge in [-0.05, 0) is 189 Å². The minimum atomic E-state index is -3.03. The zero-order valence-electron chi connectivity index (χ0n) is 65.6. The molecular weight excluding hydrogens is 1860 g/mol. The maximum atomic E-state index is 11.7. The number of nitriles is 1. The molecule has 8 aromatic rings. The Bertz CT molecular complexity index is 5050. The third-order valence-electron chi connectivity index (χ3n) is 20.9. The number of sulfone groups is 1. The van der Waals surface area contributed by atoms with E-state index in [1.165, 1.54) is 61.1 Å². The molecule has 0 radical (unpaired) electrons. The normalized spacial score (nSPS) is 21.9. The van der Waals surface area contributed by atoms with Crippen molar-refractivity contribution < 1.29 is 61.1 Å². The first kappa shape index (κ1) is 101. The number of nitrogens with zero attached hydrogens (tertiary/aromatic N) is 7. The molecule has 4 aliphatic carbocycles. The summed E-state index contributed by atoms with van der Waals surface area (Å²) in [5.74, 6) is 2.84. The fourth-order valence-corrected chi connectivity index (χ4v) is 16.5. The van der Waals surface area contributed by atoms with Gasteiger partial charge in [0.1, 0.15) is 0 Å². The van der Waals surface area contributed by atoms with Crippen molar-refractivity contribution in [2.45, 2.75) is 112 Å². The van der Waals surface area contributed by atoms with Gasteiger partial charge in [0.2, 0.25) is 21.1 Å². The number of hydroxylamine groups is 1. The number of carbonyl (C=O) groups excluding carboxylic acids is 5. The zero-order chi connectivity index (χ0) is 88.6. The average Bonchev–Trinajstić information content (AvgIpc) is 1.53. The number of benzene rings is 6. The van der Waals surface area contributed by atoms with Gasteiger partial charge < -0.3 is 40.2 Å². The summed E-state index contributed by atoms with van der Waals surface area (Å²) in [5.41, 5.74) is 15.3. The van der Waals surface area contributed by atoms with E-state index in [9.17, 15) is 22.8 Å². The van der Waals surface area contributed by atoms with E-state index in [-0.39, 0.29) is 52.6 Å². The molecule has 4 aliphatic heterocycles. The lowest BCUT2D eigenvalue weighted by Gasteiger charge is -2.21. The summed E-state index contributed by atoms with van der Waals surface area (Å²) < 4.78 is 45.4. The van der Waals surface area contributed by atoms with E-state index in [1.54, 1.807) is 48.8 Å². The highest BCUT2D eigenvalue weighted by Crippen LogP contribution is 2.62. The van der Waals surface area contributed by atoms with Gasteiger partial charge in [0.25, 0.3) is 5.91 Å². The monoisotopic (exact) mass is 1940 g/mol. The number of anilines is 2. The lowest BCUT2D eigenvalue weighted by Crippen LogP contribution is -2.28. The number of esters is 2. The molecule has 8 fully saturated rings. The molecule has 8 aliphatic rings. The Morgan fingerprint density at radius 2 is 1.07 bits per heavy atom. The van der Waals surface area contributed by atoms with Crippen molar-refractivity contribution >= 4 is 204 Å². The molecule has 646 valence electrons. The second kappa shape index (κ2) is 46.8. The predicted octanol–water partition coefficient (Wildman–Crippen LogP) is 18.2. The predicted molar refractivity (Wildman–Crippen MR) is 475 cm³/mol.